The molecule has 0 bridgehead atoms. The fraction of sp³-hybridized carbons (Fsp3) is 0.680. The number of hydrogen-bond donors (Lipinski definition) is 2. The van der Waals surface area contributed by atoms with Crippen LogP contribution in [0.4, 0.5) is 4.79 Å². The summed E-state index contributed by atoms with van der Waals surface area (Å²) in [5, 5.41) is 11.3. The number of carboxylic acid groups (broad SMARTS) is 1. The van der Waals surface area contributed by atoms with Crippen molar-refractivity contribution in [3.8, 4) is 0 Å². The number of hydrogen-bond acceptors (Lipinski definition) is 5. The summed E-state index contributed by atoms with van der Waals surface area (Å²) in [7, 11) is -2.29. The molecule has 186 valence electrons. The van der Waals surface area contributed by atoms with E-state index in [0.717, 1.165) is 5.56 Å². The number of cyclic esters (lactones) is 1. The molecule has 1 saturated heterocycles. The lowest BCUT2D eigenvalue weighted by Crippen LogP contribution is -2.55. The summed E-state index contributed by atoms with van der Waals surface area (Å²) in [5.41, 5.74) is 2.26. The van der Waals surface area contributed by atoms with Gasteiger partial charge >= 0.3 is 12.1 Å². The van der Waals surface area contributed by atoms with Gasteiger partial charge in [0.05, 0.1) is 19.3 Å². The van der Waals surface area contributed by atoms with Gasteiger partial charge in [-0.2, -0.15) is 0 Å². The van der Waals surface area contributed by atoms with Crippen LogP contribution in [0.3, 0.4) is 0 Å². The minimum atomic E-state index is -2.29. The minimum absolute atomic E-state index is 0.0538. The van der Waals surface area contributed by atoms with E-state index in [-0.39, 0.29) is 18.6 Å². The number of esters is 1. The van der Waals surface area contributed by atoms with Crippen LogP contribution >= 0.6 is 0 Å². The highest BCUT2D eigenvalue weighted by molar-refractivity contribution is 6.77. The summed E-state index contributed by atoms with van der Waals surface area (Å²) >= 11 is 0. The van der Waals surface area contributed by atoms with Gasteiger partial charge in [0.15, 0.2) is 6.04 Å². The SMILES string of the molecule is CC(C)[Si](O[C@H]1[C@@H](Cc2ccccc2)COC[C@H](NC(=O)O)C(=O)O[C@H]1C)(C(C)C)C(C)C. The Balaban J connectivity index is 2.46. The standard InChI is InChI=1S/C25H41NO6Si/c1-16(2)33(17(3)4,18(5)6)32-23-19(7)31-24(27)22(26-25(28)29)15-30-14-21(23)13-20-11-9-8-10-12-20/h8-12,16-19,21-23,26H,13-15H2,1-7H3,(H,28,29)/t19-,21-,22-,23+/m0/s1. The van der Waals surface area contributed by atoms with Crippen LogP contribution in [-0.4, -0.2) is 57.0 Å². The van der Waals surface area contributed by atoms with Crippen LogP contribution < -0.4 is 5.32 Å². The minimum Gasteiger partial charge on any atom is -0.465 e. The molecule has 1 aromatic rings. The molecule has 7 nitrogen and oxygen atoms in total. The predicted molar refractivity (Wildman–Crippen MR) is 131 cm³/mol. The molecule has 0 unspecified atom stereocenters. The van der Waals surface area contributed by atoms with Crippen molar-refractivity contribution < 1.29 is 28.6 Å². The summed E-state index contributed by atoms with van der Waals surface area (Å²) in [4.78, 5) is 23.9. The van der Waals surface area contributed by atoms with Crippen LogP contribution in [-0.2, 0) is 25.1 Å². The van der Waals surface area contributed by atoms with Crippen LogP contribution in [0.5, 0.6) is 0 Å². The first kappa shape index (κ1) is 27.3. The van der Waals surface area contributed by atoms with Gasteiger partial charge in [-0.05, 0) is 35.5 Å². The number of carbonyl (C=O) groups is 2. The van der Waals surface area contributed by atoms with Gasteiger partial charge in [-0.3, -0.25) is 0 Å². The Morgan fingerprint density at radius 2 is 1.67 bits per heavy atom. The Kier molecular flexibility index (Phi) is 9.94. The van der Waals surface area contributed by atoms with E-state index < -0.39 is 32.5 Å². The van der Waals surface area contributed by atoms with E-state index >= 15 is 0 Å². The number of amides is 1. The maximum Gasteiger partial charge on any atom is 0.405 e. The molecule has 0 aliphatic carbocycles. The van der Waals surface area contributed by atoms with Crippen LogP contribution in [0.1, 0.15) is 54.0 Å². The number of benzene rings is 1. The zero-order valence-corrected chi connectivity index (χ0v) is 22.0. The normalized spacial score (nSPS) is 24.8. The van der Waals surface area contributed by atoms with Crippen molar-refractivity contribution in [2.24, 2.45) is 5.92 Å². The third kappa shape index (κ3) is 6.80. The van der Waals surface area contributed by atoms with E-state index in [1.807, 2.05) is 25.1 Å². The van der Waals surface area contributed by atoms with Crippen molar-refractivity contribution in [1.29, 1.82) is 0 Å². The van der Waals surface area contributed by atoms with E-state index in [1.54, 1.807) is 0 Å². The fourth-order valence-electron chi connectivity index (χ4n) is 5.39. The maximum atomic E-state index is 12.8. The largest absolute Gasteiger partial charge is 0.465 e. The third-order valence-electron chi connectivity index (χ3n) is 6.82. The molecule has 2 N–H and O–H groups in total. The summed E-state index contributed by atoms with van der Waals surface area (Å²) in [6.45, 7) is 15.5. The zero-order chi connectivity index (χ0) is 24.8. The molecule has 1 aliphatic rings. The molecule has 8 heteroatoms. The Hall–Kier alpha value is -1.90. The molecule has 0 saturated carbocycles. The lowest BCUT2D eigenvalue weighted by Gasteiger charge is -2.47. The molecule has 4 atom stereocenters. The van der Waals surface area contributed by atoms with Crippen LogP contribution in [0.15, 0.2) is 30.3 Å². The molecule has 33 heavy (non-hydrogen) atoms. The first-order chi connectivity index (χ1) is 15.5. The fourth-order valence-corrected chi connectivity index (χ4v) is 11.1. The van der Waals surface area contributed by atoms with Crippen molar-refractivity contribution in [2.45, 2.75) is 89.8 Å². The van der Waals surface area contributed by atoms with Crippen LogP contribution in [0.2, 0.25) is 16.6 Å². The Bertz CT molecular complexity index is 748. The van der Waals surface area contributed by atoms with E-state index in [0.29, 0.717) is 29.7 Å². The van der Waals surface area contributed by atoms with Crippen molar-refractivity contribution in [3.05, 3.63) is 35.9 Å². The van der Waals surface area contributed by atoms with Gasteiger partial charge in [-0.25, -0.2) is 9.59 Å². The molecule has 0 aromatic heterocycles. The van der Waals surface area contributed by atoms with Crippen molar-refractivity contribution >= 4 is 20.4 Å². The second-order valence-electron chi connectivity index (χ2n) is 10.0. The van der Waals surface area contributed by atoms with Gasteiger partial charge in [0.1, 0.15) is 6.10 Å². The molecule has 0 spiro atoms. The Labute approximate surface area is 199 Å². The number of rotatable bonds is 8. The predicted octanol–water partition coefficient (Wildman–Crippen LogP) is 5.00. The number of ether oxygens (including phenoxy) is 2. The summed E-state index contributed by atoms with van der Waals surface area (Å²) in [6, 6.07) is 9.08. The molecule has 1 aliphatic heterocycles. The van der Waals surface area contributed by atoms with Crippen LogP contribution in [0.25, 0.3) is 0 Å². The van der Waals surface area contributed by atoms with E-state index in [1.165, 1.54) is 0 Å². The van der Waals surface area contributed by atoms with Gasteiger partial charge in [0, 0.05) is 5.92 Å². The van der Waals surface area contributed by atoms with Gasteiger partial charge in [-0.15, -0.1) is 0 Å². The van der Waals surface area contributed by atoms with Crippen molar-refractivity contribution in [1.82, 2.24) is 5.32 Å². The molecule has 1 heterocycles. The Morgan fingerprint density at radius 1 is 1.09 bits per heavy atom. The van der Waals surface area contributed by atoms with Crippen LogP contribution in [0, 0.1) is 5.92 Å². The molecular formula is C25H41NO6Si. The monoisotopic (exact) mass is 479 g/mol. The van der Waals surface area contributed by atoms with Crippen molar-refractivity contribution in [3.63, 3.8) is 0 Å². The summed E-state index contributed by atoms with van der Waals surface area (Å²) < 4.78 is 18.9. The van der Waals surface area contributed by atoms with E-state index in [9.17, 15) is 9.59 Å². The maximum absolute atomic E-state index is 12.8. The lowest BCUT2D eigenvalue weighted by atomic mass is 9.92. The molecule has 1 amide bonds. The van der Waals surface area contributed by atoms with Gasteiger partial charge in [0.25, 0.3) is 0 Å². The second-order valence-corrected chi connectivity index (χ2v) is 15.4. The Morgan fingerprint density at radius 3 is 2.18 bits per heavy atom. The van der Waals surface area contributed by atoms with E-state index in [2.05, 4.69) is 59.0 Å². The smallest absolute Gasteiger partial charge is 0.405 e. The average molecular weight is 480 g/mol. The third-order valence-corrected chi connectivity index (χ3v) is 12.9. The van der Waals surface area contributed by atoms with E-state index in [4.69, 9.17) is 19.0 Å². The van der Waals surface area contributed by atoms with Gasteiger partial charge in [0.2, 0.25) is 8.32 Å². The zero-order valence-electron chi connectivity index (χ0n) is 21.0. The summed E-state index contributed by atoms with van der Waals surface area (Å²) in [6.07, 6.45) is -1.49. The molecular weight excluding hydrogens is 438 g/mol. The first-order valence-electron chi connectivity index (χ1n) is 12.0. The average Bonchev–Trinajstić information content (AvgIpc) is 2.76. The van der Waals surface area contributed by atoms with Gasteiger partial charge in [-0.1, -0.05) is 71.9 Å². The van der Waals surface area contributed by atoms with Gasteiger partial charge < -0.3 is 24.3 Å². The molecule has 1 fully saturated rings. The summed E-state index contributed by atoms with van der Waals surface area (Å²) in [5.74, 6) is -0.688. The molecule has 2 rings (SSSR count). The number of carbonyl (C=O) groups excluding carboxylic acids is 1. The molecule has 1 aromatic carbocycles. The van der Waals surface area contributed by atoms with Crippen molar-refractivity contribution in [2.75, 3.05) is 13.2 Å². The lowest BCUT2D eigenvalue weighted by molar-refractivity contribution is -0.156. The second kappa shape index (κ2) is 12.0. The number of nitrogens with one attached hydrogen (secondary N) is 1. The quantitative estimate of drug-likeness (QED) is 0.402. The molecule has 0 radical (unpaired) electrons. The topological polar surface area (TPSA) is 94.1 Å². The highest BCUT2D eigenvalue weighted by Crippen LogP contribution is 2.44. The highest BCUT2D eigenvalue weighted by atomic mass is 28.4. The first-order valence-corrected chi connectivity index (χ1v) is 14.1. The highest BCUT2D eigenvalue weighted by Gasteiger charge is 2.49.